The van der Waals surface area contributed by atoms with Crippen molar-refractivity contribution in [2.75, 3.05) is 0 Å². The van der Waals surface area contributed by atoms with Crippen LogP contribution in [-0.2, 0) is 0 Å². The Hall–Kier alpha value is -1.03. The monoisotopic (exact) mass is 338 g/mol. The fraction of sp³-hybridized carbons (Fsp3) is 0.200. The first-order chi connectivity index (χ1) is 9.13. The zero-order valence-electron chi connectivity index (χ0n) is 10.0. The van der Waals surface area contributed by atoms with Gasteiger partial charge in [0.25, 0.3) is 0 Å². The predicted molar refractivity (Wildman–Crippen MR) is 78.5 cm³/mol. The average Bonchev–Trinajstić information content (AvgIpc) is 2.38. The number of rotatable bonds is 1. The SMILES string of the molecule is OC1CC(c2ccc(Cl)cc2)Oc2cc(Br)ccc21. The van der Waals surface area contributed by atoms with E-state index < -0.39 is 6.10 Å². The molecular formula is C15H12BrClO2. The molecule has 2 aromatic rings. The molecule has 0 aromatic heterocycles. The molecule has 2 unspecified atom stereocenters. The minimum absolute atomic E-state index is 0.144. The van der Waals surface area contributed by atoms with Crippen molar-refractivity contribution >= 4 is 27.5 Å². The van der Waals surface area contributed by atoms with Crippen LogP contribution in [0.25, 0.3) is 0 Å². The zero-order valence-corrected chi connectivity index (χ0v) is 12.4. The van der Waals surface area contributed by atoms with E-state index in [1.54, 1.807) is 0 Å². The van der Waals surface area contributed by atoms with Crippen molar-refractivity contribution in [1.82, 2.24) is 0 Å². The minimum Gasteiger partial charge on any atom is -0.485 e. The molecule has 0 bridgehead atoms. The van der Waals surface area contributed by atoms with Crippen LogP contribution in [0.15, 0.2) is 46.9 Å². The van der Waals surface area contributed by atoms with Gasteiger partial charge in [-0.2, -0.15) is 0 Å². The molecule has 0 aliphatic carbocycles. The van der Waals surface area contributed by atoms with E-state index in [0.717, 1.165) is 21.3 Å². The standard InChI is InChI=1S/C15H12BrClO2/c16-10-3-6-12-13(18)8-14(19-15(12)7-10)9-1-4-11(17)5-2-9/h1-7,13-14,18H,8H2. The number of hydrogen-bond donors (Lipinski definition) is 1. The van der Waals surface area contributed by atoms with E-state index in [4.69, 9.17) is 16.3 Å². The van der Waals surface area contributed by atoms with Gasteiger partial charge in [0.15, 0.2) is 0 Å². The van der Waals surface area contributed by atoms with Gasteiger partial charge in [-0.1, -0.05) is 45.7 Å². The lowest BCUT2D eigenvalue weighted by Gasteiger charge is -2.30. The third-order valence-corrected chi connectivity index (χ3v) is 4.03. The molecule has 3 rings (SSSR count). The van der Waals surface area contributed by atoms with Gasteiger partial charge in [-0.25, -0.2) is 0 Å². The zero-order chi connectivity index (χ0) is 13.4. The number of halogens is 2. The van der Waals surface area contributed by atoms with E-state index in [0.29, 0.717) is 11.4 Å². The molecule has 1 heterocycles. The Balaban J connectivity index is 1.93. The fourth-order valence-corrected chi connectivity index (χ4v) is 2.76. The maximum atomic E-state index is 10.2. The van der Waals surface area contributed by atoms with Crippen LogP contribution in [0.2, 0.25) is 5.02 Å². The lowest BCUT2D eigenvalue weighted by atomic mass is 9.95. The van der Waals surface area contributed by atoms with Crippen LogP contribution in [-0.4, -0.2) is 5.11 Å². The number of aliphatic hydroxyl groups excluding tert-OH is 1. The molecule has 1 aliphatic rings. The molecule has 0 fully saturated rings. The van der Waals surface area contributed by atoms with Gasteiger partial charge in [0, 0.05) is 21.5 Å². The Morgan fingerprint density at radius 2 is 1.89 bits per heavy atom. The van der Waals surface area contributed by atoms with Crippen molar-refractivity contribution in [2.45, 2.75) is 18.6 Å². The quantitative estimate of drug-likeness (QED) is 0.819. The van der Waals surface area contributed by atoms with Gasteiger partial charge in [0.05, 0.1) is 6.10 Å². The van der Waals surface area contributed by atoms with Crippen LogP contribution >= 0.6 is 27.5 Å². The first-order valence-corrected chi connectivity index (χ1v) is 7.20. The molecule has 0 saturated heterocycles. The third kappa shape index (κ3) is 2.64. The molecular weight excluding hydrogens is 328 g/mol. The van der Waals surface area contributed by atoms with Crippen LogP contribution in [0.3, 0.4) is 0 Å². The van der Waals surface area contributed by atoms with Crippen molar-refractivity contribution in [3.8, 4) is 5.75 Å². The van der Waals surface area contributed by atoms with E-state index >= 15 is 0 Å². The molecule has 0 radical (unpaired) electrons. The number of aliphatic hydroxyl groups is 1. The van der Waals surface area contributed by atoms with Gasteiger partial charge in [0.2, 0.25) is 0 Å². The maximum absolute atomic E-state index is 10.2. The van der Waals surface area contributed by atoms with E-state index in [9.17, 15) is 5.11 Å². The van der Waals surface area contributed by atoms with Crippen LogP contribution in [0.5, 0.6) is 5.75 Å². The summed E-state index contributed by atoms with van der Waals surface area (Å²) in [5, 5.41) is 10.9. The van der Waals surface area contributed by atoms with Crippen molar-refractivity contribution < 1.29 is 9.84 Å². The maximum Gasteiger partial charge on any atom is 0.127 e. The van der Waals surface area contributed by atoms with Crippen molar-refractivity contribution in [1.29, 1.82) is 0 Å². The molecule has 1 N–H and O–H groups in total. The highest BCUT2D eigenvalue weighted by Crippen LogP contribution is 2.41. The van der Waals surface area contributed by atoms with Crippen molar-refractivity contribution in [2.24, 2.45) is 0 Å². The highest BCUT2D eigenvalue weighted by atomic mass is 79.9. The number of hydrogen-bond acceptors (Lipinski definition) is 2. The summed E-state index contributed by atoms with van der Waals surface area (Å²) in [6.45, 7) is 0. The lowest BCUT2D eigenvalue weighted by molar-refractivity contribution is 0.0657. The van der Waals surface area contributed by atoms with Gasteiger partial charge in [0.1, 0.15) is 11.9 Å². The van der Waals surface area contributed by atoms with Gasteiger partial charge in [-0.15, -0.1) is 0 Å². The second kappa shape index (κ2) is 5.16. The number of ether oxygens (including phenoxy) is 1. The van der Waals surface area contributed by atoms with Crippen LogP contribution in [0.1, 0.15) is 29.8 Å². The summed E-state index contributed by atoms with van der Waals surface area (Å²) in [4.78, 5) is 0. The third-order valence-electron chi connectivity index (χ3n) is 3.28. The van der Waals surface area contributed by atoms with Crippen LogP contribution in [0.4, 0.5) is 0 Å². The summed E-state index contributed by atoms with van der Waals surface area (Å²) in [5.41, 5.74) is 1.86. The molecule has 2 aromatic carbocycles. The molecule has 2 atom stereocenters. The molecule has 98 valence electrons. The Labute approximate surface area is 125 Å². The summed E-state index contributed by atoms with van der Waals surface area (Å²) in [6.07, 6.45) is -0.0948. The second-order valence-corrected chi connectivity index (χ2v) is 5.94. The van der Waals surface area contributed by atoms with Gasteiger partial charge in [-0.05, 0) is 29.8 Å². The summed E-state index contributed by atoms with van der Waals surface area (Å²) in [6, 6.07) is 13.2. The summed E-state index contributed by atoms with van der Waals surface area (Å²) < 4.78 is 6.92. The second-order valence-electron chi connectivity index (χ2n) is 4.59. The number of fused-ring (bicyclic) bond motifs is 1. The summed E-state index contributed by atoms with van der Waals surface area (Å²) in [5.74, 6) is 0.730. The molecule has 0 saturated carbocycles. The molecule has 0 amide bonds. The molecule has 2 nitrogen and oxygen atoms in total. The first kappa shape index (κ1) is 13.0. The van der Waals surface area contributed by atoms with Crippen LogP contribution < -0.4 is 4.74 Å². The molecule has 4 heteroatoms. The van der Waals surface area contributed by atoms with Crippen LogP contribution in [0, 0.1) is 0 Å². The van der Waals surface area contributed by atoms with Gasteiger partial charge in [-0.3, -0.25) is 0 Å². The summed E-state index contributed by atoms with van der Waals surface area (Å²) >= 11 is 9.30. The Bertz CT molecular complexity index is 598. The number of benzene rings is 2. The summed E-state index contributed by atoms with van der Waals surface area (Å²) in [7, 11) is 0. The molecule has 1 aliphatic heterocycles. The topological polar surface area (TPSA) is 29.5 Å². The normalized spacial score (nSPS) is 21.6. The largest absolute Gasteiger partial charge is 0.485 e. The van der Waals surface area contributed by atoms with E-state index in [1.807, 2.05) is 42.5 Å². The fourth-order valence-electron chi connectivity index (χ4n) is 2.30. The van der Waals surface area contributed by atoms with Crippen molar-refractivity contribution in [3.05, 3.63) is 63.1 Å². The Kier molecular flexibility index (Phi) is 3.52. The molecule has 0 spiro atoms. The van der Waals surface area contributed by atoms with E-state index in [2.05, 4.69) is 15.9 Å². The minimum atomic E-state index is -0.502. The lowest BCUT2D eigenvalue weighted by Crippen LogP contribution is -2.18. The molecule has 19 heavy (non-hydrogen) atoms. The van der Waals surface area contributed by atoms with Crippen molar-refractivity contribution in [3.63, 3.8) is 0 Å². The predicted octanol–water partition coefficient (Wildman–Crippen LogP) is 4.66. The highest BCUT2D eigenvalue weighted by molar-refractivity contribution is 9.10. The average molecular weight is 340 g/mol. The first-order valence-electron chi connectivity index (χ1n) is 6.03. The van der Waals surface area contributed by atoms with Gasteiger partial charge < -0.3 is 9.84 Å². The van der Waals surface area contributed by atoms with Gasteiger partial charge >= 0.3 is 0 Å². The Morgan fingerprint density at radius 1 is 1.16 bits per heavy atom. The van der Waals surface area contributed by atoms with E-state index in [1.165, 1.54) is 0 Å². The smallest absolute Gasteiger partial charge is 0.127 e. The van der Waals surface area contributed by atoms with E-state index in [-0.39, 0.29) is 6.10 Å². The highest BCUT2D eigenvalue weighted by Gasteiger charge is 2.27. The Morgan fingerprint density at radius 3 is 2.63 bits per heavy atom.